The Kier molecular flexibility index (Phi) is 6.22. The van der Waals surface area contributed by atoms with Crippen LogP contribution in [0.15, 0.2) is 42.0 Å². The molecule has 0 bridgehead atoms. The molecule has 5 aliphatic carbocycles. The van der Waals surface area contributed by atoms with Crippen molar-refractivity contribution < 1.29 is 19.7 Å². The van der Waals surface area contributed by atoms with Gasteiger partial charge in [-0.05, 0) is 90.8 Å². The van der Waals surface area contributed by atoms with Crippen LogP contribution < -0.4 is 0 Å². The van der Waals surface area contributed by atoms with E-state index in [1.54, 1.807) is 5.57 Å². The molecule has 226 valence electrons. The third-order valence-electron chi connectivity index (χ3n) is 15.0. The summed E-state index contributed by atoms with van der Waals surface area (Å²) in [5.41, 5.74) is 2.84. The molecule has 0 radical (unpaired) electrons. The predicted octanol–water partition coefficient (Wildman–Crippen LogP) is 7.84. The molecule has 2 N–H and O–H groups in total. The maximum Gasteiger partial charge on any atom is 0.184 e. The van der Waals surface area contributed by atoms with Gasteiger partial charge in [-0.15, -0.1) is 0 Å². The highest BCUT2D eigenvalue weighted by atomic mass is 16.7. The van der Waals surface area contributed by atoms with Crippen molar-refractivity contribution in [2.24, 2.45) is 50.2 Å². The number of benzene rings is 1. The molecule has 0 aromatic heterocycles. The summed E-state index contributed by atoms with van der Waals surface area (Å²) < 4.78 is 13.3. The van der Waals surface area contributed by atoms with Gasteiger partial charge in [-0.25, -0.2) is 0 Å². The first-order valence-corrected chi connectivity index (χ1v) is 16.6. The molecule has 4 saturated carbocycles. The van der Waals surface area contributed by atoms with Crippen molar-refractivity contribution in [1.82, 2.24) is 0 Å². The van der Waals surface area contributed by atoms with E-state index in [1.807, 2.05) is 0 Å². The zero-order valence-electron chi connectivity index (χ0n) is 26.6. The zero-order valence-corrected chi connectivity index (χ0v) is 26.6. The van der Waals surface area contributed by atoms with Gasteiger partial charge < -0.3 is 19.7 Å². The predicted molar refractivity (Wildman–Crippen MR) is 162 cm³/mol. The van der Waals surface area contributed by atoms with Gasteiger partial charge >= 0.3 is 0 Å². The number of fused-ring (bicyclic) bond motifs is 9. The minimum atomic E-state index is -0.665. The van der Waals surface area contributed by atoms with Crippen LogP contribution in [0.25, 0.3) is 0 Å². The minimum absolute atomic E-state index is 0.0310. The van der Waals surface area contributed by atoms with Crippen molar-refractivity contribution in [2.45, 2.75) is 124 Å². The summed E-state index contributed by atoms with van der Waals surface area (Å²) in [6.07, 6.45) is 10.3. The van der Waals surface area contributed by atoms with E-state index in [0.717, 1.165) is 44.3 Å². The van der Waals surface area contributed by atoms with Crippen molar-refractivity contribution >= 4 is 0 Å². The molecule has 41 heavy (non-hydrogen) atoms. The summed E-state index contributed by atoms with van der Waals surface area (Å²) >= 11 is 0. The molecular weight excluding hydrogens is 508 g/mol. The number of hydrogen-bond donors (Lipinski definition) is 2. The Hall–Kier alpha value is -1.20. The van der Waals surface area contributed by atoms with Gasteiger partial charge in [0.15, 0.2) is 6.29 Å². The number of allylic oxidation sites excluding steroid dienone is 2. The third kappa shape index (κ3) is 3.60. The minimum Gasteiger partial charge on any atom is -0.390 e. The molecule has 4 heteroatoms. The Labute approximate surface area is 248 Å². The van der Waals surface area contributed by atoms with Crippen molar-refractivity contribution in [3.05, 3.63) is 47.5 Å². The molecule has 1 saturated heterocycles. The third-order valence-corrected chi connectivity index (χ3v) is 15.0. The largest absolute Gasteiger partial charge is 0.390 e. The van der Waals surface area contributed by atoms with Crippen LogP contribution in [0.1, 0.15) is 112 Å². The fourth-order valence-electron chi connectivity index (χ4n) is 12.1. The van der Waals surface area contributed by atoms with Crippen LogP contribution in [0.5, 0.6) is 0 Å². The Morgan fingerprint density at radius 2 is 1.49 bits per heavy atom. The first-order valence-electron chi connectivity index (χ1n) is 16.6. The van der Waals surface area contributed by atoms with E-state index >= 15 is 0 Å². The van der Waals surface area contributed by atoms with Crippen LogP contribution in [-0.4, -0.2) is 35.1 Å². The van der Waals surface area contributed by atoms with Gasteiger partial charge in [-0.1, -0.05) is 90.4 Å². The summed E-state index contributed by atoms with van der Waals surface area (Å²) in [7, 11) is 0. The van der Waals surface area contributed by atoms with Crippen molar-refractivity contribution in [3.63, 3.8) is 0 Å². The van der Waals surface area contributed by atoms with Crippen LogP contribution in [0, 0.1) is 50.2 Å². The lowest BCUT2D eigenvalue weighted by molar-refractivity contribution is -0.318. The summed E-state index contributed by atoms with van der Waals surface area (Å²) in [6, 6.07) is 10.5. The van der Waals surface area contributed by atoms with E-state index in [0.29, 0.717) is 17.8 Å². The average Bonchev–Trinajstić information content (AvgIpc) is 2.94. The van der Waals surface area contributed by atoms with E-state index < -0.39 is 12.2 Å². The first kappa shape index (κ1) is 28.6. The van der Waals surface area contributed by atoms with E-state index in [9.17, 15) is 10.2 Å². The number of ether oxygens (including phenoxy) is 2. The van der Waals surface area contributed by atoms with Crippen LogP contribution >= 0.6 is 0 Å². The monoisotopic (exact) mass is 562 g/mol. The van der Waals surface area contributed by atoms with Gasteiger partial charge in [0.05, 0.1) is 24.9 Å². The molecule has 12 atom stereocenters. The molecule has 6 aliphatic rings. The number of hydrogen-bond acceptors (Lipinski definition) is 4. The normalized spacial score (nSPS) is 54.0. The van der Waals surface area contributed by atoms with Gasteiger partial charge in [0.1, 0.15) is 0 Å². The second-order valence-electron chi connectivity index (χ2n) is 17.2. The van der Waals surface area contributed by atoms with Gasteiger partial charge in [0, 0.05) is 16.4 Å². The average molecular weight is 563 g/mol. The van der Waals surface area contributed by atoms with E-state index in [4.69, 9.17) is 9.47 Å². The standard InChI is InChI=1S/C37H54O4/c1-32(2)21-25-24-13-14-27-34(4)17-16-28-35(5,22-40-31(41-28)23-11-9-8-10-12-23)26(34)15-18-37(27,7)36(24,6)20-19-33(25,3)30(39)29(32)38/h8-13,25-31,38-39H,14-22H2,1-7H3/t25-,26?,27-,28?,29-,30-,31?,33-,34+,35+,36-,37-/m1/s1. The Morgan fingerprint density at radius 3 is 2.22 bits per heavy atom. The van der Waals surface area contributed by atoms with Gasteiger partial charge in [-0.3, -0.25) is 0 Å². The molecule has 4 nitrogen and oxygen atoms in total. The van der Waals surface area contributed by atoms with Crippen molar-refractivity contribution in [3.8, 4) is 0 Å². The van der Waals surface area contributed by atoms with Crippen LogP contribution in [0.2, 0.25) is 0 Å². The number of aliphatic hydroxyl groups excluding tert-OH is 2. The smallest absolute Gasteiger partial charge is 0.184 e. The van der Waals surface area contributed by atoms with E-state index in [-0.39, 0.29) is 44.9 Å². The van der Waals surface area contributed by atoms with Gasteiger partial charge in [0.25, 0.3) is 0 Å². The van der Waals surface area contributed by atoms with Gasteiger partial charge in [-0.2, -0.15) is 0 Å². The zero-order chi connectivity index (χ0) is 29.2. The highest BCUT2D eigenvalue weighted by molar-refractivity contribution is 5.34. The lowest BCUT2D eigenvalue weighted by Crippen LogP contribution is -2.67. The number of rotatable bonds is 1. The van der Waals surface area contributed by atoms with E-state index in [1.165, 1.54) is 19.3 Å². The fraction of sp³-hybridized carbons (Fsp3) is 0.784. The molecule has 1 heterocycles. The number of aliphatic hydroxyl groups is 2. The molecule has 7 rings (SSSR count). The highest BCUT2D eigenvalue weighted by Gasteiger charge is 2.70. The summed E-state index contributed by atoms with van der Waals surface area (Å²) in [6.45, 7) is 17.7. The van der Waals surface area contributed by atoms with Crippen LogP contribution in [0.4, 0.5) is 0 Å². The molecule has 5 fully saturated rings. The van der Waals surface area contributed by atoms with Crippen molar-refractivity contribution in [1.29, 1.82) is 0 Å². The Balaban J connectivity index is 1.21. The molecule has 1 aromatic rings. The molecule has 3 unspecified atom stereocenters. The topological polar surface area (TPSA) is 58.9 Å². The van der Waals surface area contributed by atoms with Gasteiger partial charge in [0.2, 0.25) is 0 Å². The maximum atomic E-state index is 11.5. The first-order chi connectivity index (χ1) is 19.2. The van der Waals surface area contributed by atoms with Crippen LogP contribution in [0.3, 0.4) is 0 Å². The molecule has 1 aromatic carbocycles. The second kappa shape index (κ2) is 8.93. The lowest BCUT2D eigenvalue weighted by Gasteiger charge is -2.72. The molecular formula is C37H54O4. The summed E-state index contributed by atoms with van der Waals surface area (Å²) in [4.78, 5) is 0. The maximum absolute atomic E-state index is 11.5. The second-order valence-corrected chi connectivity index (χ2v) is 17.2. The Morgan fingerprint density at radius 1 is 0.756 bits per heavy atom. The highest BCUT2D eigenvalue weighted by Crippen LogP contribution is 2.76. The summed E-state index contributed by atoms with van der Waals surface area (Å²) in [5.74, 6) is 1.55. The summed E-state index contributed by atoms with van der Waals surface area (Å²) in [5, 5.41) is 22.5. The quantitative estimate of drug-likeness (QED) is 0.342. The molecule has 0 spiro atoms. The molecule has 1 aliphatic heterocycles. The Bertz CT molecular complexity index is 1220. The van der Waals surface area contributed by atoms with E-state index in [2.05, 4.69) is 84.9 Å². The SMILES string of the molecule is CC1(C)C[C@@H]2C3=CC[C@@H]4[C@@]5(C)CCC6OC(c7ccccc7)OC[C@@]6(C)C5CC[C@@]4(C)[C@]3(C)CC[C@@]2(C)[C@H](O)[C@H]1O. The fourth-order valence-corrected chi connectivity index (χ4v) is 12.1. The lowest BCUT2D eigenvalue weighted by atomic mass is 9.33. The van der Waals surface area contributed by atoms with Crippen molar-refractivity contribution in [2.75, 3.05) is 6.61 Å². The molecule has 0 amide bonds. The van der Waals surface area contributed by atoms with Crippen LogP contribution in [-0.2, 0) is 9.47 Å².